The third-order valence-corrected chi connectivity index (χ3v) is 5.21. The number of anilines is 1. The summed E-state index contributed by atoms with van der Waals surface area (Å²) in [6.07, 6.45) is 2.63. The van der Waals surface area contributed by atoms with Crippen molar-refractivity contribution in [3.05, 3.63) is 29.3 Å². The molecule has 0 radical (unpaired) electrons. The summed E-state index contributed by atoms with van der Waals surface area (Å²) in [7, 11) is -1.92. The molecule has 0 fully saturated rings. The number of nitrogens with one attached hydrogen (secondary N) is 1. The average Bonchev–Trinajstić information content (AvgIpc) is 2.56. The minimum absolute atomic E-state index is 0.157. The van der Waals surface area contributed by atoms with Gasteiger partial charge in [-0.1, -0.05) is 0 Å². The van der Waals surface area contributed by atoms with E-state index in [0.717, 1.165) is 11.8 Å². The van der Waals surface area contributed by atoms with Gasteiger partial charge in [0, 0.05) is 32.2 Å². The maximum Gasteiger partial charge on any atom is 0.326 e. The number of carbonyl (C=O) groups excluding carboxylic acids is 1. The number of rotatable bonds is 7. The Bertz CT molecular complexity index is 762. The van der Waals surface area contributed by atoms with Gasteiger partial charge in [0.25, 0.3) is 5.91 Å². The van der Waals surface area contributed by atoms with Crippen LogP contribution < -0.4 is 9.62 Å². The van der Waals surface area contributed by atoms with E-state index in [1.807, 2.05) is 0 Å². The molecule has 0 bridgehead atoms. The number of carboxylic acids is 1. The Morgan fingerprint density at radius 2 is 2.12 bits per heavy atom. The van der Waals surface area contributed by atoms with E-state index in [0.29, 0.717) is 30.6 Å². The minimum atomic E-state index is -3.37. The predicted molar refractivity (Wildman–Crippen MR) is 92.3 cm³/mol. The van der Waals surface area contributed by atoms with Crippen LogP contribution in [0.15, 0.2) is 18.2 Å². The lowest BCUT2D eigenvalue weighted by molar-refractivity contribution is -0.139. The molecule has 1 aromatic carbocycles. The van der Waals surface area contributed by atoms with E-state index in [-0.39, 0.29) is 13.0 Å². The molecule has 1 aliphatic rings. The molecule has 0 aliphatic carbocycles. The topological polar surface area (TPSA) is 113 Å². The number of hydrogen-bond acceptors (Lipinski definition) is 5. The van der Waals surface area contributed by atoms with Crippen molar-refractivity contribution >= 4 is 27.6 Å². The Morgan fingerprint density at radius 1 is 1.40 bits per heavy atom. The van der Waals surface area contributed by atoms with Crippen LogP contribution in [0.1, 0.15) is 28.8 Å². The third kappa shape index (κ3) is 4.70. The van der Waals surface area contributed by atoms with Crippen molar-refractivity contribution in [1.82, 2.24) is 5.32 Å². The number of ether oxygens (including phenoxy) is 1. The SMILES string of the molecule is COCCC(NC(=O)c1ccc2c(c1)CCCN2S(C)(=O)=O)C(=O)O. The highest BCUT2D eigenvalue weighted by Gasteiger charge is 2.26. The van der Waals surface area contributed by atoms with Crippen LogP contribution in [0.4, 0.5) is 5.69 Å². The third-order valence-electron chi connectivity index (χ3n) is 4.03. The lowest BCUT2D eigenvalue weighted by Gasteiger charge is -2.29. The van der Waals surface area contributed by atoms with Gasteiger partial charge in [0.1, 0.15) is 6.04 Å². The summed E-state index contributed by atoms with van der Waals surface area (Å²) in [5.41, 5.74) is 1.63. The molecule has 0 spiro atoms. The standard InChI is InChI=1S/C16H22N2O6S/c1-24-9-7-13(16(20)21)17-15(19)12-5-6-14-11(10-12)4-3-8-18(14)25(2,22)23/h5-6,10,13H,3-4,7-9H2,1-2H3,(H,17,19)(H,20,21). The second-order valence-electron chi connectivity index (χ2n) is 5.93. The lowest BCUT2D eigenvalue weighted by Crippen LogP contribution is -2.41. The minimum Gasteiger partial charge on any atom is -0.480 e. The zero-order chi connectivity index (χ0) is 18.6. The first-order valence-electron chi connectivity index (χ1n) is 7.87. The molecule has 2 rings (SSSR count). The van der Waals surface area contributed by atoms with Gasteiger partial charge >= 0.3 is 5.97 Å². The number of amides is 1. The Labute approximate surface area is 146 Å². The first kappa shape index (κ1) is 19.2. The van der Waals surface area contributed by atoms with Crippen LogP contribution in [-0.2, 0) is 26.0 Å². The molecule has 0 saturated heterocycles. The summed E-state index contributed by atoms with van der Waals surface area (Å²) >= 11 is 0. The molecule has 0 aromatic heterocycles. The molecule has 0 saturated carbocycles. The second kappa shape index (κ2) is 7.83. The maximum atomic E-state index is 12.3. The fraction of sp³-hybridized carbons (Fsp3) is 0.500. The number of carbonyl (C=O) groups is 2. The first-order chi connectivity index (χ1) is 11.7. The zero-order valence-corrected chi connectivity index (χ0v) is 15.0. The van der Waals surface area contributed by atoms with E-state index < -0.39 is 27.9 Å². The number of aryl methyl sites for hydroxylation is 1. The monoisotopic (exact) mass is 370 g/mol. The van der Waals surface area contributed by atoms with E-state index in [1.54, 1.807) is 12.1 Å². The van der Waals surface area contributed by atoms with Crippen LogP contribution in [0.5, 0.6) is 0 Å². The molecule has 1 unspecified atom stereocenters. The fourth-order valence-electron chi connectivity index (χ4n) is 2.78. The van der Waals surface area contributed by atoms with Crippen molar-refractivity contribution in [2.24, 2.45) is 0 Å². The number of hydrogen-bond donors (Lipinski definition) is 2. The van der Waals surface area contributed by atoms with E-state index in [9.17, 15) is 18.0 Å². The Kier molecular flexibility index (Phi) is 6.02. The molecule has 1 heterocycles. The lowest BCUT2D eigenvalue weighted by atomic mass is 10.0. The van der Waals surface area contributed by atoms with Gasteiger partial charge in [0.2, 0.25) is 10.0 Å². The number of fused-ring (bicyclic) bond motifs is 1. The number of carboxylic acid groups (broad SMARTS) is 1. The van der Waals surface area contributed by atoms with Crippen LogP contribution in [-0.4, -0.2) is 58.0 Å². The molecular formula is C16H22N2O6S. The smallest absolute Gasteiger partial charge is 0.326 e. The molecule has 25 heavy (non-hydrogen) atoms. The van der Waals surface area contributed by atoms with Crippen LogP contribution >= 0.6 is 0 Å². The van der Waals surface area contributed by atoms with Crippen molar-refractivity contribution in [2.75, 3.05) is 30.8 Å². The Morgan fingerprint density at radius 3 is 2.72 bits per heavy atom. The summed E-state index contributed by atoms with van der Waals surface area (Å²) in [6.45, 7) is 0.625. The molecule has 1 aromatic rings. The van der Waals surface area contributed by atoms with E-state index in [1.165, 1.54) is 17.5 Å². The Balaban J connectivity index is 2.21. The van der Waals surface area contributed by atoms with Gasteiger partial charge in [-0.25, -0.2) is 13.2 Å². The van der Waals surface area contributed by atoms with E-state index >= 15 is 0 Å². The average molecular weight is 370 g/mol. The molecule has 8 nitrogen and oxygen atoms in total. The highest BCUT2D eigenvalue weighted by atomic mass is 32.2. The van der Waals surface area contributed by atoms with Gasteiger partial charge in [-0.3, -0.25) is 9.10 Å². The normalized spacial score (nSPS) is 15.4. The van der Waals surface area contributed by atoms with Gasteiger partial charge in [-0.05, 0) is 36.6 Å². The van der Waals surface area contributed by atoms with E-state index in [2.05, 4.69) is 5.32 Å². The van der Waals surface area contributed by atoms with E-state index in [4.69, 9.17) is 9.84 Å². The number of methoxy groups -OCH3 is 1. The molecule has 1 aliphatic heterocycles. The largest absolute Gasteiger partial charge is 0.480 e. The summed E-state index contributed by atoms with van der Waals surface area (Å²) in [4.78, 5) is 23.6. The molecule has 138 valence electrons. The van der Waals surface area contributed by atoms with Gasteiger partial charge in [-0.15, -0.1) is 0 Å². The van der Waals surface area contributed by atoms with Crippen molar-refractivity contribution in [2.45, 2.75) is 25.3 Å². The van der Waals surface area contributed by atoms with Crippen molar-refractivity contribution in [1.29, 1.82) is 0 Å². The van der Waals surface area contributed by atoms with Gasteiger partial charge in [0.15, 0.2) is 0 Å². The quantitative estimate of drug-likeness (QED) is 0.727. The highest BCUT2D eigenvalue weighted by molar-refractivity contribution is 7.92. The van der Waals surface area contributed by atoms with Gasteiger partial charge in [0.05, 0.1) is 11.9 Å². The summed E-state index contributed by atoms with van der Waals surface area (Å²) in [5, 5.41) is 11.6. The zero-order valence-electron chi connectivity index (χ0n) is 14.2. The van der Waals surface area contributed by atoms with Crippen LogP contribution in [0.2, 0.25) is 0 Å². The number of aliphatic carboxylic acids is 1. The highest BCUT2D eigenvalue weighted by Crippen LogP contribution is 2.29. The number of benzene rings is 1. The van der Waals surface area contributed by atoms with Gasteiger partial charge < -0.3 is 15.2 Å². The molecule has 2 N–H and O–H groups in total. The maximum absolute atomic E-state index is 12.3. The molecule has 1 atom stereocenters. The second-order valence-corrected chi connectivity index (χ2v) is 7.83. The van der Waals surface area contributed by atoms with Crippen molar-refractivity contribution < 1.29 is 27.9 Å². The molecular weight excluding hydrogens is 348 g/mol. The summed E-state index contributed by atoms with van der Waals surface area (Å²) in [6, 6.07) is 3.68. The van der Waals surface area contributed by atoms with Crippen LogP contribution in [0.3, 0.4) is 0 Å². The molecule has 9 heteroatoms. The number of nitrogens with zero attached hydrogens (tertiary/aromatic N) is 1. The van der Waals surface area contributed by atoms with Crippen LogP contribution in [0.25, 0.3) is 0 Å². The summed E-state index contributed by atoms with van der Waals surface area (Å²) < 4.78 is 29.9. The Hall–Kier alpha value is -2.13. The van der Waals surface area contributed by atoms with Gasteiger partial charge in [-0.2, -0.15) is 0 Å². The predicted octanol–water partition coefficient (Wildman–Crippen LogP) is 0.618. The number of sulfonamides is 1. The van der Waals surface area contributed by atoms with Crippen molar-refractivity contribution in [3.8, 4) is 0 Å². The van der Waals surface area contributed by atoms with Crippen molar-refractivity contribution in [3.63, 3.8) is 0 Å². The summed E-state index contributed by atoms with van der Waals surface area (Å²) in [5.74, 6) is -1.64. The first-order valence-corrected chi connectivity index (χ1v) is 9.72. The van der Waals surface area contributed by atoms with Crippen LogP contribution in [0, 0.1) is 0 Å². The molecule has 1 amide bonds. The fourth-order valence-corrected chi connectivity index (χ4v) is 3.78.